The summed E-state index contributed by atoms with van der Waals surface area (Å²) in [7, 11) is 1.46. The number of ether oxygens (including phenoxy) is 2. The van der Waals surface area contributed by atoms with Gasteiger partial charge in [-0.25, -0.2) is 9.18 Å². The van der Waals surface area contributed by atoms with Crippen molar-refractivity contribution >= 4 is 29.6 Å². The quantitative estimate of drug-likeness (QED) is 0.360. The third kappa shape index (κ3) is 5.21. The summed E-state index contributed by atoms with van der Waals surface area (Å²) in [5.41, 5.74) is 3.21. The lowest BCUT2D eigenvalue weighted by Gasteiger charge is -2.14. The van der Waals surface area contributed by atoms with Crippen molar-refractivity contribution in [3.63, 3.8) is 0 Å². The molecule has 8 heteroatoms. The number of halogens is 2. The average molecular weight is 481 g/mol. The van der Waals surface area contributed by atoms with Crippen LogP contribution >= 0.6 is 11.6 Å². The van der Waals surface area contributed by atoms with Crippen molar-refractivity contribution in [1.29, 1.82) is 0 Å². The predicted molar refractivity (Wildman–Crippen MR) is 127 cm³/mol. The van der Waals surface area contributed by atoms with Gasteiger partial charge < -0.3 is 14.8 Å². The van der Waals surface area contributed by atoms with Gasteiger partial charge in [0.1, 0.15) is 18.1 Å². The number of urea groups is 1. The maximum Gasteiger partial charge on any atom is 0.329 e. The van der Waals surface area contributed by atoms with Crippen LogP contribution in [0.2, 0.25) is 5.02 Å². The Morgan fingerprint density at radius 1 is 1.06 bits per heavy atom. The Morgan fingerprint density at radius 2 is 1.82 bits per heavy atom. The molecule has 1 saturated heterocycles. The van der Waals surface area contributed by atoms with Crippen molar-refractivity contribution in [3.05, 3.63) is 99.5 Å². The zero-order chi connectivity index (χ0) is 24.2. The Balaban J connectivity index is 1.53. The van der Waals surface area contributed by atoms with E-state index >= 15 is 0 Å². The van der Waals surface area contributed by atoms with Crippen LogP contribution in [0.1, 0.15) is 22.3 Å². The fourth-order valence-corrected chi connectivity index (χ4v) is 3.89. The second-order valence-electron chi connectivity index (χ2n) is 7.82. The van der Waals surface area contributed by atoms with E-state index in [4.69, 9.17) is 21.1 Å². The molecule has 1 fully saturated rings. The molecule has 0 radical (unpaired) electrons. The first-order chi connectivity index (χ1) is 16.3. The lowest BCUT2D eigenvalue weighted by molar-refractivity contribution is -0.123. The van der Waals surface area contributed by atoms with Crippen molar-refractivity contribution in [1.82, 2.24) is 10.2 Å². The van der Waals surface area contributed by atoms with E-state index in [9.17, 15) is 14.0 Å². The van der Waals surface area contributed by atoms with E-state index in [1.807, 2.05) is 31.2 Å². The minimum absolute atomic E-state index is 0.0940. The number of hydrogen-bond acceptors (Lipinski definition) is 4. The normalized spacial score (nSPS) is 14.5. The number of nitrogens with one attached hydrogen (secondary N) is 1. The van der Waals surface area contributed by atoms with Gasteiger partial charge in [-0.05, 0) is 54.0 Å². The highest BCUT2D eigenvalue weighted by molar-refractivity contribution is 6.32. The van der Waals surface area contributed by atoms with Gasteiger partial charge >= 0.3 is 6.03 Å². The summed E-state index contributed by atoms with van der Waals surface area (Å²) in [6.45, 7) is 2.21. The largest absolute Gasteiger partial charge is 0.493 e. The van der Waals surface area contributed by atoms with Crippen LogP contribution in [-0.4, -0.2) is 23.9 Å². The molecule has 4 rings (SSSR count). The third-order valence-electron chi connectivity index (χ3n) is 5.22. The number of methoxy groups -OCH3 is 1. The second-order valence-corrected chi connectivity index (χ2v) is 8.23. The molecule has 1 heterocycles. The standard InChI is InChI=1S/C26H22ClFN2O4/c1-16-5-3-6-17(9-16)14-30-25(31)22(29-26(30)32)12-19-11-21(27)24(23(13-19)33-2)34-15-18-7-4-8-20(28)10-18/h3-13H,14-15H2,1-2H3,(H,29,32)/b22-12+. The fraction of sp³-hybridized carbons (Fsp3) is 0.154. The Bertz CT molecular complexity index is 1290. The third-order valence-corrected chi connectivity index (χ3v) is 5.50. The zero-order valence-corrected chi connectivity index (χ0v) is 19.4. The molecule has 1 aliphatic rings. The van der Waals surface area contributed by atoms with Crippen LogP contribution < -0.4 is 14.8 Å². The van der Waals surface area contributed by atoms with Gasteiger partial charge in [0.2, 0.25) is 0 Å². The number of carbonyl (C=O) groups is 2. The van der Waals surface area contributed by atoms with Gasteiger partial charge in [-0.3, -0.25) is 9.69 Å². The number of carbonyl (C=O) groups excluding carboxylic acids is 2. The van der Waals surface area contributed by atoms with Crippen LogP contribution in [0.5, 0.6) is 11.5 Å². The second kappa shape index (κ2) is 9.97. The molecule has 0 saturated carbocycles. The van der Waals surface area contributed by atoms with Gasteiger partial charge in [0.05, 0.1) is 18.7 Å². The van der Waals surface area contributed by atoms with Crippen LogP contribution in [0.25, 0.3) is 6.08 Å². The molecular weight excluding hydrogens is 459 g/mol. The monoisotopic (exact) mass is 480 g/mol. The molecule has 0 aliphatic carbocycles. The molecule has 3 aromatic carbocycles. The van der Waals surface area contributed by atoms with Crippen molar-refractivity contribution in [2.75, 3.05) is 7.11 Å². The molecule has 34 heavy (non-hydrogen) atoms. The van der Waals surface area contributed by atoms with E-state index in [1.54, 1.807) is 24.3 Å². The Kier molecular flexibility index (Phi) is 6.84. The van der Waals surface area contributed by atoms with Crippen molar-refractivity contribution in [2.45, 2.75) is 20.1 Å². The van der Waals surface area contributed by atoms with E-state index in [0.29, 0.717) is 22.6 Å². The summed E-state index contributed by atoms with van der Waals surface area (Å²) in [6, 6.07) is 16.4. The van der Waals surface area contributed by atoms with Crippen LogP contribution in [0.15, 0.2) is 66.4 Å². The number of nitrogens with zero attached hydrogens (tertiary/aromatic N) is 1. The van der Waals surface area contributed by atoms with Gasteiger partial charge in [-0.2, -0.15) is 0 Å². The maximum atomic E-state index is 13.4. The van der Waals surface area contributed by atoms with Crippen molar-refractivity contribution < 1.29 is 23.5 Å². The maximum absolute atomic E-state index is 13.4. The van der Waals surface area contributed by atoms with Crippen molar-refractivity contribution in [3.8, 4) is 11.5 Å². The van der Waals surface area contributed by atoms with Crippen LogP contribution in [0.3, 0.4) is 0 Å². The molecule has 0 atom stereocenters. The minimum Gasteiger partial charge on any atom is -0.493 e. The molecule has 3 aromatic rings. The first kappa shape index (κ1) is 23.3. The van der Waals surface area contributed by atoms with E-state index in [1.165, 1.54) is 25.3 Å². The number of imide groups is 1. The Labute approximate surface area is 201 Å². The SMILES string of the molecule is COc1cc(/C=C2/NC(=O)N(Cc3cccc(C)c3)C2=O)cc(Cl)c1OCc1cccc(F)c1. The molecule has 174 valence electrons. The van der Waals surface area contributed by atoms with Gasteiger partial charge in [0, 0.05) is 0 Å². The Hall–Kier alpha value is -3.84. The minimum atomic E-state index is -0.495. The summed E-state index contributed by atoms with van der Waals surface area (Å²) < 4.78 is 24.6. The number of rotatable bonds is 7. The van der Waals surface area contributed by atoms with Gasteiger partial charge in [-0.15, -0.1) is 0 Å². The molecule has 1 N–H and O–H groups in total. The molecule has 0 unspecified atom stereocenters. The zero-order valence-electron chi connectivity index (χ0n) is 18.6. The first-order valence-corrected chi connectivity index (χ1v) is 10.9. The number of benzene rings is 3. The Morgan fingerprint density at radius 3 is 2.56 bits per heavy atom. The molecule has 0 aromatic heterocycles. The van der Waals surface area contributed by atoms with Crippen LogP contribution in [-0.2, 0) is 17.9 Å². The lowest BCUT2D eigenvalue weighted by Crippen LogP contribution is -2.30. The van der Waals surface area contributed by atoms with E-state index in [0.717, 1.165) is 16.0 Å². The molecule has 3 amide bonds. The topological polar surface area (TPSA) is 67.9 Å². The summed E-state index contributed by atoms with van der Waals surface area (Å²) in [6.07, 6.45) is 1.53. The fourth-order valence-electron chi connectivity index (χ4n) is 3.62. The molecule has 6 nitrogen and oxygen atoms in total. The van der Waals surface area contributed by atoms with Crippen LogP contribution in [0, 0.1) is 12.7 Å². The smallest absolute Gasteiger partial charge is 0.329 e. The van der Waals surface area contributed by atoms with E-state index in [2.05, 4.69) is 5.32 Å². The lowest BCUT2D eigenvalue weighted by atomic mass is 10.1. The molecule has 0 bridgehead atoms. The predicted octanol–water partition coefficient (Wildman–Crippen LogP) is 5.47. The number of aryl methyl sites for hydroxylation is 1. The summed E-state index contributed by atoms with van der Waals surface area (Å²) in [5, 5.41) is 2.85. The van der Waals surface area contributed by atoms with Crippen LogP contribution in [0.4, 0.5) is 9.18 Å². The number of hydrogen-bond donors (Lipinski definition) is 1. The van der Waals surface area contributed by atoms with Gasteiger partial charge in [0.15, 0.2) is 11.5 Å². The molecular formula is C26H22ClFN2O4. The van der Waals surface area contributed by atoms with E-state index < -0.39 is 11.9 Å². The average Bonchev–Trinajstić information content (AvgIpc) is 3.05. The first-order valence-electron chi connectivity index (χ1n) is 10.5. The molecule has 1 aliphatic heterocycles. The number of amides is 3. The van der Waals surface area contributed by atoms with Gasteiger partial charge in [-0.1, -0.05) is 53.6 Å². The van der Waals surface area contributed by atoms with E-state index in [-0.39, 0.29) is 29.7 Å². The summed E-state index contributed by atoms with van der Waals surface area (Å²) in [5.74, 6) is -0.170. The summed E-state index contributed by atoms with van der Waals surface area (Å²) in [4.78, 5) is 26.4. The highest BCUT2D eigenvalue weighted by atomic mass is 35.5. The van der Waals surface area contributed by atoms with Crippen molar-refractivity contribution in [2.24, 2.45) is 0 Å². The molecule has 0 spiro atoms. The highest BCUT2D eigenvalue weighted by Crippen LogP contribution is 2.37. The highest BCUT2D eigenvalue weighted by Gasteiger charge is 2.33. The summed E-state index contributed by atoms with van der Waals surface area (Å²) >= 11 is 6.42. The van der Waals surface area contributed by atoms with Gasteiger partial charge in [0.25, 0.3) is 5.91 Å².